The Bertz CT molecular complexity index is 709. The fourth-order valence-electron chi connectivity index (χ4n) is 2.00. The van der Waals surface area contributed by atoms with Crippen LogP contribution in [0.15, 0.2) is 53.4 Å². The quantitative estimate of drug-likeness (QED) is 0.753. The van der Waals surface area contributed by atoms with Crippen molar-refractivity contribution in [2.24, 2.45) is 0 Å². The fourth-order valence-corrected chi connectivity index (χ4v) is 3.21. The largest absolute Gasteiger partial charge is 0.497 e. The lowest BCUT2D eigenvalue weighted by molar-refractivity contribution is 0.229. The maximum Gasteiger partial charge on any atom is 0.297 e. The molecule has 1 atom stereocenters. The van der Waals surface area contributed by atoms with Crippen molar-refractivity contribution in [2.75, 3.05) is 7.11 Å². The molecular formula is C16H17ClO4S. The van der Waals surface area contributed by atoms with Gasteiger partial charge < -0.3 is 4.74 Å². The molecule has 2 aromatic carbocycles. The Morgan fingerprint density at radius 3 is 2.18 bits per heavy atom. The van der Waals surface area contributed by atoms with E-state index in [2.05, 4.69) is 0 Å². The number of halogens is 1. The molecule has 0 bridgehead atoms. The van der Waals surface area contributed by atoms with Gasteiger partial charge in [0.25, 0.3) is 10.1 Å². The number of rotatable bonds is 6. The summed E-state index contributed by atoms with van der Waals surface area (Å²) in [7, 11) is -2.20. The lowest BCUT2D eigenvalue weighted by atomic mass is 10.1. The van der Waals surface area contributed by atoms with E-state index in [1.165, 1.54) is 24.3 Å². The molecule has 2 aromatic rings. The van der Waals surface area contributed by atoms with Crippen molar-refractivity contribution in [1.82, 2.24) is 0 Å². The molecule has 0 saturated carbocycles. The molecule has 0 heterocycles. The van der Waals surface area contributed by atoms with Crippen molar-refractivity contribution >= 4 is 21.7 Å². The van der Waals surface area contributed by atoms with Crippen molar-refractivity contribution in [3.8, 4) is 5.75 Å². The Hall–Kier alpha value is -1.56. The van der Waals surface area contributed by atoms with Gasteiger partial charge in [-0.1, -0.05) is 23.7 Å². The SMILES string of the molecule is COc1ccc(CC(C)OS(=O)(=O)c2ccc(Cl)cc2)cc1. The van der Waals surface area contributed by atoms with Gasteiger partial charge in [-0.25, -0.2) is 0 Å². The minimum atomic E-state index is -3.79. The van der Waals surface area contributed by atoms with Gasteiger partial charge in [0, 0.05) is 5.02 Å². The number of hydrogen-bond acceptors (Lipinski definition) is 4. The van der Waals surface area contributed by atoms with Gasteiger partial charge in [0.2, 0.25) is 0 Å². The standard InChI is InChI=1S/C16H17ClO4S/c1-12(11-13-3-7-15(20-2)8-4-13)21-22(18,19)16-9-5-14(17)6-10-16/h3-10,12H,11H2,1-2H3. The van der Waals surface area contributed by atoms with E-state index in [0.717, 1.165) is 11.3 Å². The zero-order valence-corrected chi connectivity index (χ0v) is 13.9. The van der Waals surface area contributed by atoms with Crippen LogP contribution in [0.25, 0.3) is 0 Å². The summed E-state index contributed by atoms with van der Waals surface area (Å²) in [5.74, 6) is 0.756. The van der Waals surface area contributed by atoms with Crippen molar-refractivity contribution < 1.29 is 17.3 Å². The fraction of sp³-hybridized carbons (Fsp3) is 0.250. The monoisotopic (exact) mass is 340 g/mol. The van der Waals surface area contributed by atoms with Gasteiger partial charge in [0.1, 0.15) is 5.75 Å². The number of hydrogen-bond donors (Lipinski definition) is 0. The van der Waals surface area contributed by atoms with Crippen molar-refractivity contribution in [1.29, 1.82) is 0 Å². The summed E-state index contributed by atoms with van der Waals surface area (Å²) in [6.45, 7) is 1.72. The molecule has 0 amide bonds. The van der Waals surface area contributed by atoms with Gasteiger partial charge in [-0.15, -0.1) is 0 Å². The maximum atomic E-state index is 12.2. The highest BCUT2D eigenvalue weighted by atomic mass is 35.5. The molecule has 4 nitrogen and oxygen atoms in total. The van der Waals surface area contributed by atoms with Crippen LogP contribution in [0.5, 0.6) is 5.75 Å². The minimum absolute atomic E-state index is 0.0958. The Kier molecular flexibility index (Phi) is 5.45. The van der Waals surface area contributed by atoms with Crippen LogP contribution in [-0.4, -0.2) is 21.6 Å². The predicted molar refractivity (Wildman–Crippen MR) is 85.9 cm³/mol. The second kappa shape index (κ2) is 7.13. The molecule has 0 radical (unpaired) electrons. The van der Waals surface area contributed by atoms with E-state index in [0.29, 0.717) is 11.4 Å². The molecule has 1 unspecified atom stereocenters. The van der Waals surface area contributed by atoms with Gasteiger partial charge >= 0.3 is 0 Å². The summed E-state index contributed by atoms with van der Waals surface area (Å²) >= 11 is 5.75. The first-order valence-corrected chi connectivity index (χ1v) is 8.51. The molecule has 0 saturated heterocycles. The highest BCUT2D eigenvalue weighted by Gasteiger charge is 2.19. The third-order valence-corrected chi connectivity index (χ3v) is 4.76. The molecule has 0 aromatic heterocycles. The molecule has 0 aliphatic rings. The molecular weight excluding hydrogens is 324 g/mol. The Balaban J connectivity index is 2.03. The van der Waals surface area contributed by atoms with E-state index in [9.17, 15) is 8.42 Å². The Labute approximate surface area is 135 Å². The van der Waals surface area contributed by atoms with E-state index < -0.39 is 16.2 Å². The summed E-state index contributed by atoms with van der Waals surface area (Å²) in [6.07, 6.45) is 0.00524. The molecule has 0 fully saturated rings. The molecule has 6 heteroatoms. The summed E-state index contributed by atoms with van der Waals surface area (Å²) in [6, 6.07) is 13.3. The van der Waals surface area contributed by atoms with Crippen LogP contribution in [0.2, 0.25) is 5.02 Å². The second-order valence-corrected chi connectivity index (χ2v) is 6.88. The number of benzene rings is 2. The van der Waals surface area contributed by atoms with Gasteiger partial charge in [-0.3, -0.25) is 4.18 Å². The first kappa shape index (κ1) is 16.8. The maximum absolute atomic E-state index is 12.2. The van der Waals surface area contributed by atoms with Crippen LogP contribution in [0.3, 0.4) is 0 Å². The van der Waals surface area contributed by atoms with Crippen molar-refractivity contribution in [3.05, 3.63) is 59.1 Å². The van der Waals surface area contributed by atoms with Gasteiger partial charge in [0.15, 0.2) is 0 Å². The second-order valence-electron chi connectivity index (χ2n) is 4.87. The lowest BCUT2D eigenvalue weighted by Crippen LogP contribution is -2.17. The molecule has 0 N–H and O–H groups in total. The summed E-state index contributed by atoms with van der Waals surface area (Å²) in [5.41, 5.74) is 0.972. The summed E-state index contributed by atoms with van der Waals surface area (Å²) < 4.78 is 34.6. The van der Waals surface area contributed by atoms with Gasteiger partial charge in [-0.2, -0.15) is 8.42 Å². The highest BCUT2D eigenvalue weighted by molar-refractivity contribution is 7.86. The third-order valence-electron chi connectivity index (χ3n) is 3.08. The lowest BCUT2D eigenvalue weighted by Gasteiger charge is -2.13. The van der Waals surface area contributed by atoms with Crippen molar-refractivity contribution in [3.63, 3.8) is 0 Å². The number of ether oxygens (including phenoxy) is 1. The normalized spacial score (nSPS) is 12.9. The highest BCUT2D eigenvalue weighted by Crippen LogP contribution is 2.19. The van der Waals surface area contributed by atoms with Crippen LogP contribution < -0.4 is 4.74 Å². The number of methoxy groups -OCH3 is 1. The molecule has 118 valence electrons. The summed E-state index contributed by atoms with van der Waals surface area (Å²) in [5, 5.41) is 0.477. The van der Waals surface area contributed by atoms with Crippen LogP contribution in [0.1, 0.15) is 12.5 Å². The van der Waals surface area contributed by atoms with E-state index >= 15 is 0 Å². The van der Waals surface area contributed by atoms with Crippen LogP contribution >= 0.6 is 11.6 Å². The van der Waals surface area contributed by atoms with E-state index in [1.807, 2.05) is 24.3 Å². The zero-order chi connectivity index (χ0) is 16.2. The molecule has 2 rings (SSSR count). The Morgan fingerprint density at radius 2 is 1.64 bits per heavy atom. The average molecular weight is 341 g/mol. The van der Waals surface area contributed by atoms with Crippen molar-refractivity contribution in [2.45, 2.75) is 24.3 Å². The van der Waals surface area contributed by atoms with Gasteiger partial charge in [-0.05, 0) is 55.3 Å². The predicted octanol–water partition coefficient (Wildman–Crippen LogP) is 3.69. The summed E-state index contributed by atoms with van der Waals surface area (Å²) in [4.78, 5) is 0.0958. The Morgan fingerprint density at radius 1 is 1.05 bits per heavy atom. The third kappa shape index (κ3) is 4.47. The van der Waals surface area contributed by atoms with Crippen LogP contribution in [0, 0.1) is 0 Å². The first-order chi connectivity index (χ1) is 10.4. The first-order valence-electron chi connectivity index (χ1n) is 6.72. The molecule has 0 spiro atoms. The van der Waals surface area contributed by atoms with Crippen LogP contribution in [-0.2, 0) is 20.7 Å². The van der Waals surface area contributed by atoms with E-state index in [-0.39, 0.29) is 4.90 Å². The molecule has 0 aliphatic heterocycles. The van der Waals surface area contributed by atoms with E-state index in [1.54, 1.807) is 14.0 Å². The van der Waals surface area contributed by atoms with Crippen LogP contribution in [0.4, 0.5) is 0 Å². The molecule has 0 aliphatic carbocycles. The minimum Gasteiger partial charge on any atom is -0.497 e. The van der Waals surface area contributed by atoms with E-state index in [4.69, 9.17) is 20.5 Å². The molecule has 22 heavy (non-hydrogen) atoms. The average Bonchev–Trinajstić information content (AvgIpc) is 2.48. The zero-order valence-electron chi connectivity index (χ0n) is 12.3. The smallest absolute Gasteiger partial charge is 0.297 e. The topological polar surface area (TPSA) is 52.6 Å². The van der Waals surface area contributed by atoms with Gasteiger partial charge in [0.05, 0.1) is 18.1 Å².